The molecule has 0 aromatic heterocycles. The number of nitrogens with zero attached hydrogens (tertiary/aromatic N) is 1. The molecule has 2 N–H and O–H groups in total. The van der Waals surface area contributed by atoms with E-state index in [1.54, 1.807) is 13.0 Å². The summed E-state index contributed by atoms with van der Waals surface area (Å²) in [4.78, 5) is 22.2. The van der Waals surface area contributed by atoms with Gasteiger partial charge >= 0.3 is 5.97 Å². The van der Waals surface area contributed by atoms with E-state index in [0.29, 0.717) is 0 Å². The summed E-state index contributed by atoms with van der Waals surface area (Å²) < 4.78 is 4.61. The van der Waals surface area contributed by atoms with Gasteiger partial charge in [0.2, 0.25) is 5.91 Å². The summed E-state index contributed by atoms with van der Waals surface area (Å²) in [6.07, 6.45) is -0.241. The summed E-state index contributed by atoms with van der Waals surface area (Å²) in [6.45, 7) is 1.73. The van der Waals surface area contributed by atoms with E-state index < -0.39 is 17.8 Å². The fourth-order valence-electron chi connectivity index (χ4n) is 0.877. The van der Waals surface area contributed by atoms with Gasteiger partial charge in [-0.25, -0.2) is 0 Å². The van der Waals surface area contributed by atoms with Crippen LogP contribution in [0.15, 0.2) is 0 Å². The van der Waals surface area contributed by atoms with Crippen molar-refractivity contribution in [3.05, 3.63) is 0 Å². The van der Waals surface area contributed by atoms with Gasteiger partial charge in [0, 0.05) is 6.54 Å². The Morgan fingerprint density at radius 3 is 2.73 bits per heavy atom. The molecule has 0 aromatic carbocycles. The summed E-state index contributed by atoms with van der Waals surface area (Å²) in [5, 5.41) is 19.4. The Hall–Kier alpha value is -1.61. The van der Waals surface area contributed by atoms with Gasteiger partial charge in [-0.3, -0.25) is 9.59 Å². The molecule has 6 nitrogen and oxygen atoms in total. The standard InChI is InChI=1S/C9H14N2O4/c1-2-15-9(14)7(6-10)5-8(13)11-3-4-12/h7,12H,2-5H2,1H3,(H,11,13). The summed E-state index contributed by atoms with van der Waals surface area (Å²) in [6, 6.07) is 1.70. The number of esters is 1. The quantitative estimate of drug-likeness (QED) is 0.563. The van der Waals surface area contributed by atoms with Gasteiger partial charge in [0.25, 0.3) is 0 Å². The molecule has 0 bridgehead atoms. The Bertz CT molecular complexity index is 259. The third-order valence-electron chi connectivity index (χ3n) is 1.55. The minimum Gasteiger partial charge on any atom is -0.465 e. The second kappa shape index (κ2) is 7.76. The molecule has 84 valence electrons. The maximum atomic E-state index is 11.1. The highest BCUT2D eigenvalue weighted by Crippen LogP contribution is 2.04. The van der Waals surface area contributed by atoms with Gasteiger partial charge in [0.15, 0.2) is 5.92 Å². The van der Waals surface area contributed by atoms with E-state index in [4.69, 9.17) is 10.4 Å². The van der Waals surface area contributed by atoms with Crippen LogP contribution in [0.5, 0.6) is 0 Å². The summed E-state index contributed by atoms with van der Waals surface area (Å²) >= 11 is 0. The van der Waals surface area contributed by atoms with Crippen molar-refractivity contribution >= 4 is 11.9 Å². The van der Waals surface area contributed by atoms with Crippen molar-refractivity contribution in [3.63, 3.8) is 0 Å². The van der Waals surface area contributed by atoms with Gasteiger partial charge < -0.3 is 15.2 Å². The number of aliphatic hydroxyl groups is 1. The number of hydrogen-bond acceptors (Lipinski definition) is 5. The Labute approximate surface area is 87.8 Å². The van der Waals surface area contributed by atoms with Crippen molar-refractivity contribution < 1.29 is 19.4 Å². The predicted octanol–water partition coefficient (Wildman–Crippen LogP) is -0.812. The third kappa shape index (κ3) is 5.65. The van der Waals surface area contributed by atoms with Gasteiger partial charge in [0.05, 0.1) is 25.7 Å². The molecule has 0 saturated heterocycles. The summed E-state index contributed by atoms with van der Waals surface area (Å²) in [7, 11) is 0. The van der Waals surface area contributed by atoms with E-state index in [0.717, 1.165) is 0 Å². The maximum absolute atomic E-state index is 11.1. The molecule has 0 aliphatic heterocycles. The number of ether oxygens (including phenoxy) is 1. The average Bonchev–Trinajstić information content (AvgIpc) is 2.23. The van der Waals surface area contributed by atoms with E-state index in [1.807, 2.05) is 0 Å². The largest absolute Gasteiger partial charge is 0.465 e. The van der Waals surface area contributed by atoms with Crippen molar-refractivity contribution in [1.82, 2.24) is 5.32 Å². The van der Waals surface area contributed by atoms with Gasteiger partial charge in [0.1, 0.15) is 0 Å². The van der Waals surface area contributed by atoms with Crippen LogP contribution in [0.2, 0.25) is 0 Å². The topological polar surface area (TPSA) is 99.4 Å². The highest BCUT2D eigenvalue weighted by Gasteiger charge is 2.22. The zero-order valence-corrected chi connectivity index (χ0v) is 8.52. The molecule has 0 heterocycles. The lowest BCUT2D eigenvalue weighted by atomic mass is 10.1. The number of nitriles is 1. The number of amides is 1. The Kier molecular flexibility index (Phi) is 6.93. The fourth-order valence-corrected chi connectivity index (χ4v) is 0.877. The molecular weight excluding hydrogens is 200 g/mol. The third-order valence-corrected chi connectivity index (χ3v) is 1.55. The molecule has 1 unspecified atom stereocenters. The molecule has 0 aliphatic carbocycles. The van der Waals surface area contributed by atoms with E-state index in [9.17, 15) is 9.59 Å². The van der Waals surface area contributed by atoms with Crippen LogP contribution in [-0.4, -0.2) is 36.7 Å². The maximum Gasteiger partial charge on any atom is 0.323 e. The number of aliphatic hydroxyl groups excluding tert-OH is 1. The van der Waals surface area contributed by atoms with Crippen molar-refractivity contribution in [2.45, 2.75) is 13.3 Å². The van der Waals surface area contributed by atoms with Crippen LogP contribution in [0.3, 0.4) is 0 Å². The van der Waals surface area contributed by atoms with Gasteiger partial charge in [-0.05, 0) is 6.92 Å². The molecule has 6 heteroatoms. The fraction of sp³-hybridized carbons (Fsp3) is 0.667. The van der Waals surface area contributed by atoms with Crippen molar-refractivity contribution in [1.29, 1.82) is 5.26 Å². The first-order chi connectivity index (χ1) is 7.15. The number of hydrogen-bond donors (Lipinski definition) is 2. The minimum absolute atomic E-state index is 0.111. The molecule has 0 aromatic rings. The Morgan fingerprint density at radius 1 is 1.60 bits per heavy atom. The smallest absolute Gasteiger partial charge is 0.323 e. The van der Waals surface area contributed by atoms with E-state index in [2.05, 4.69) is 10.1 Å². The van der Waals surface area contributed by atoms with Crippen molar-refractivity contribution in [3.8, 4) is 6.07 Å². The summed E-state index contributed by atoms with van der Waals surface area (Å²) in [5.41, 5.74) is 0. The second-order valence-corrected chi connectivity index (χ2v) is 2.71. The first-order valence-corrected chi connectivity index (χ1v) is 4.59. The van der Waals surface area contributed by atoms with Crippen LogP contribution in [0.25, 0.3) is 0 Å². The molecule has 0 spiro atoms. The second-order valence-electron chi connectivity index (χ2n) is 2.71. The SMILES string of the molecule is CCOC(=O)C(C#N)CC(=O)NCCO. The zero-order valence-electron chi connectivity index (χ0n) is 8.52. The van der Waals surface area contributed by atoms with Crippen molar-refractivity contribution in [2.75, 3.05) is 19.8 Å². The molecule has 0 aliphatic rings. The number of rotatable bonds is 6. The highest BCUT2D eigenvalue weighted by atomic mass is 16.5. The van der Waals surface area contributed by atoms with Crippen LogP contribution in [0.4, 0.5) is 0 Å². The lowest BCUT2D eigenvalue weighted by Gasteiger charge is -2.07. The number of carbonyl (C=O) groups excluding carboxylic acids is 2. The monoisotopic (exact) mass is 214 g/mol. The van der Waals surface area contributed by atoms with Crippen LogP contribution in [0, 0.1) is 17.2 Å². The van der Waals surface area contributed by atoms with Gasteiger partial charge in [-0.2, -0.15) is 5.26 Å². The first-order valence-electron chi connectivity index (χ1n) is 4.59. The van der Waals surface area contributed by atoms with Gasteiger partial charge in [-0.1, -0.05) is 0 Å². The molecule has 0 radical (unpaired) electrons. The van der Waals surface area contributed by atoms with Gasteiger partial charge in [-0.15, -0.1) is 0 Å². The van der Waals surface area contributed by atoms with Crippen LogP contribution < -0.4 is 5.32 Å². The zero-order chi connectivity index (χ0) is 11.7. The normalized spacial score (nSPS) is 11.3. The molecule has 15 heavy (non-hydrogen) atoms. The van der Waals surface area contributed by atoms with E-state index in [1.165, 1.54) is 0 Å². The van der Waals surface area contributed by atoms with Crippen molar-refractivity contribution in [2.24, 2.45) is 5.92 Å². The van der Waals surface area contributed by atoms with E-state index in [-0.39, 0.29) is 26.2 Å². The lowest BCUT2D eigenvalue weighted by molar-refractivity contribution is -0.147. The molecular formula is C9H14N2O4. The molecule has 0 rings (SSSR count). The number of nitrogens with one attached hydrogen (secondary N) is 1. The summed E-state index contributed by atoms with van der Waals surface area (Å²) in [5.74, 6) is -2.23. The average molecular weight is 214 g/mol. The molecule has 0 saturated carbocycles. The number of carbonyl (C=O) groups is 2. The predicted molar refractivity (Wildman–Crippen MR) is 50.4 cm³/mol. The molecule has 1 atom stereocenters. The molecule has 0 fully saturated rings. The Morgan fingerprint density at radius 2 is 2.27 bits per heavy atom. The minimum atomic E-state index is -1.08. The highest BCUT2D eigenvalue weighted by molar-refractivity contribution is 5.84. The Balaban J connectivity index is 4.05. The lowest BCUT2D eigenvalue weighted by Crippen LogP contribution is -2.30. The van der Waals surface area contributed by atoms with E-state index >= 15 is 0 Å². The van der Waals surface area contributed by atoms with Crippen LogP contribution in [-0.2, 0) is 14.3 Å². The van der Waals surface area contributed by atoms with Crippen LogP contribution in [0.1, 0.15) is 13.3 Å². The first kappa shape index (κ1) is 13.4. The van der Waals surface area contributed by atoms with Crippen LogP contribution >= 0.6 is 0 Å². The molecule has 1 amide bonds.